The third kappa shape index (κ3) is 4.84. The van der Waals surface area contributed by atoms with Crippen molar-refractivity contribution in [3.8, 4) is 0 Å². The predicted molar refractivity (Wildman–Crippen MR) is 107 cm³/mol. The number of anilines is 1. The van der Waals surface area contributed by atoms with Crippen LogP contribution in [0.15, 0.2) is 59.9 Å². The lowest BCUT2D eigenvalue weighted by Crippen LogP contribution is -2.15. The second-order valence-electron chi connectivity index (χ2n) is 5.95. The van der Waals surface area contributed by atoms with Gasteiger partial charge in [-0.1, -0.05) is 70.9 Å². The van der Waals surface area contributed by atoms with Gasteiger partial charge in [-0.05, 0) is 31.5 Å². The van der Waals surface area contributed by atoms with Gasteiger partial charge in [0, 0.05) is 11.4 Å². The van der Waals surface area contributed by atoms with Gasteiger partial charge in [-0.25, -0.2) is 9.97 Å². The van der Waals surface area contributed by atoms with Crippen LogP contribution in [0.2, 0.25) is 5.02 Å². The normalized spacial score (nSPS) is 10.6. The van der Waals surface area contributed by atoms with Crippen LogP contribution < -0.4 is 5.32 Å². The first kappa shape index (κ1) is 18.4. The van der Waals surface area contributed by atoms with Gasteiger partial charge in [-0.2, -0.15) is 0 Å². The zero-order chi connectivity index (χ0) is 18.5. The summed E-state index contributed by atoms with van der Waals surface area (Å²) in [5.41, 5.74) is 4.38. The van der Waals surface area contributed by atoms with Crippen LogP contribution in [0.4, 0.5) is 5.69 Å². The zero-order valence-corrected chi connectivity index (χ0v) is 16.1. The molecule has 0 bridgehead atoms. The number of amides is 1. The van der Waals surface area contributed by atoms with E-state index in [-0.39, 0.29) is 16.6 Å². The van der Waals surface area contributed by atoms with Crippen molar-refractivity contribution in [1.82, 2.24) is 9.97 Å². The minimum absolute atomic E-state index is 0.175. The molecular weight excluding hydrogens is 366 g/mol. The number of carbonyl (C=O) groups excluding carboxylic acids is 1. The summed E-state index contributed by atoms with van der Waals surface area (Å²) in [6.07, 6.45) is 1.47. The van der Waals surface area contributed by atoms with Crippen molar-refractivity contribution < 1.29 is 4.79 Å². The van der Waals surface area contributed by atoms with Crippen LogP contribution in [0.1, 0.15) is 27.2 Å². The maximum atomic E-state index is 12.5. The number of hydrogen-bond acceptors (Lipinski definition) is 4. The number of benzene rings is 2. The summed E-state index contributed by atoms with van der Waals surface area (Å²) < 4.78 is 0. The fourth-order valence-electron chi connectivity index (χ4n) is 2.36. The number of carbonyl (C=O) groups is 1. The van der Waals surface area contributed by atoms with E-state index in [9.17, 15) is 4.79 Å². The van der Waals surface area contributed by atoms with E-state index >= 15 is 0 Å². The SMILES string of the molecule is Cc1ccc(NC(=O)c2nc(SCc3cccc(C)c3)ncc2Cl)cc1. The van der Waals surface area contributed by atoms with Crippen molar-refractivity contribution in [1.29, 1.82) is 0 Å². The molecule has 2 aromatic carbocycles. The molecule has 0 aliphatic heterocycles. The highest BCUT2D eigenvalue weighted by Gasteiger charge is 2.15. The molecule has 1 amide bonds. The third-order valence-electron chi connectivity index (χ3n) is 3.70. The Morgan fingerprint density at radius 2 is 1.88 bits per heavy atom. The standard InChI is InChI=1S/C20H18ClN3OS/c1-13-6-8-16(9-7-13)23-19(25)18-17(21)11-22-20(24-18)26-12-15-5-3-4-14(2)10-15/h3-11H,12H2,1-2H3,(H,23,25). The molecule has 0 spiro atoms. The van der Waals surface area contributed by atoms with E-state index in [2.05, 4.69) is 40.4 Å². The Bertz CT molecular complexity index is 929. The number of rotatable bonds is 5. The van der Waals surface area contributed by atoms with E-state index in [0.717, 1.165) is 11.3 Å². The highest BCUT2D eigenvalue weighted by atomic mass is 35.5. The van der Waals surface area contributed by atoms with Gasteiger partial charge in [-0.15, -0.1) is 0 Å². The van der Waals surface area contributed by atoms with Crippen molar-refractivity contribution in [3.63, 3.8) is 0 Å². The van der Waals surface area contributed by atoms with E-state index in [1.807, 2.05) is 37.3 Å². The molecule has 0 saturated carbocycles. The number of nitrogens with zero attached hydrogens (tertiary/aromatic N) is 2. The van der Waals surface area contributed by atoms with Crippen molar-refractivity contribution in [2.24, 2.45) is 0 Å². The number of nitrogens with one attached hydrogen (secondary N) is 1. The summed E-state index contributed by atoms with van der Waals surface area (Å²) in [7, 11) is 0. The van der Waals surface area contributed by atoms with Gasteiger partial charge in [0.25, 0.3) is 5.91 Å². The Hall–Kier alpha value is -2.37. The Morgan fingerprint density at radius 3 is 2.62 bits per heavy atom. The molecule has 6 heteroatoms. The second kappa shape index (κ2) is 8.34. The Morgan fingerprint density at radius 1 is 1.12 bits per heavy atom. The van der Waals surface area contributed by atoms with Crippen LogP contribution in [0.5, 0.6) is 0 Å². The largest absolute Gasteiger partial charge is 0.321 e. The number of aryl methyl sites for hydroxylation is 2. The van der Waals surface area contributed by atoms with Gasteiger partial charge < -0.3 is 5.32 Å². The van der Waals surface area contributed by atoms with Gasteiger partial charge in [0.1, 0.15) is 0 Å². The summed E-state index contributed by atoms with van der Waals surface area (Å²) >= 11 is 7.60. The van der Waals surface area contributed by atoms with Crippen molar-refractivity contribution in [2.75, 3.05) is 5.32 Å². The monoisotopic (exact) mass is 383 g/mol. The Labute approximate surface area is 162 Å². The Balaban J connectivity index is 1.72. The molecule has 3 rings (SSSR count). The molecule has 0 aliphatic carbocycles. The molecule has 0 aliphatic rings. The summed E-state index contributed by atoms with van der Waals surface area (Å²) in [5.74, 6) is 0.376. The maximum Gasteiger partial charge on any atom is 0.275 e. The van der Waals surface area contributed by atoms with E-state index in [4.69, 9.17) is 11.6 Å². The number of hydrogen-bond donors (Lipinski definition) is 1. The minimum atomic E-state index is -0.348. The minimum Gasteiger partial charge on any atom is -0.321 e. The van der Waals surface area contributed by atoms with Crippen LogP contribution in [-0.2, 0) is 5.75 Å². The lowest BCUT2D eigenvalue weighted by Gasteiger charge is -2.08. The van der Waals surface area contributed by atoms with Crippen molar-refractivity contribution in [3.05, 3.63) is 82.1 Å². The molecule has 4 nitrogen and oxygen atoms in total. The highest BCUT2D eigenvalue weighted by molar-refractivity contribution is 7.98. The van der Waals surface area contributed by atoms with Crippen molar-refractivity contribution >= 4 is 35.0 Å². The molecule has 0 saturated heterocycles. The molecule has 1 N–H and O–H groups in total. The average Bonchev–Trinajstić information content (AvgIpc) is 2.63. The van der Waals surface area contributed by atoms with Crippen LogP contribution in [0.25, 0.3) is 0 Å². The van der Waals surface area contributed by atoms with E-state index < -0.39 is 0 Å². The molecule has 1 heterocycles. The maximum absolute atomic E-state index is 12.5. The van der Waals surface area contributed by atoms with Gasteiger partial charge in [0.15, 0.2) is 10.9 Å². The van der Waals surface area contributed by atoms with E-state index in [1.54, 1.807) is 0 Å². The molecule has 0 radical (unpaired) electrons. The molecular formula is C20H18ClN3OS. The van der Waals surface area contributed by atoms with E-state index in [1.165, 1.54) is 29.1 Å². The van der Waals surface area contributed by atoms with Crippen molar-refractivity contribution in [2.45, 2.75) is 24.8 Å². The quantitative estimate of drug-likeness (QED) is 0.480. The molecule has 132 valence electrons. The van der Waals surface area contributed by atoms with Crippen LogP contribution >= 0.6 is 23.4 Å². The van der Waals surface area contributed by atoms with Crippen LogP contribution in [0.3, 0.4) is 0 Å². The number of thioether (sulfide) groups is 1. The smallest absolute Gasteiger partial charge is 0.275 e. The fourth-order valence-corrected chi connectivity index (χ4v) is 3.29. The molecule has 0 unspecified atom stereocenters. The molecule has 1 aromatic heterocycles. The molecule has 0 atom stereocenters. The summed E-state index contributed by atoms with van der Waals surface area (Å²) in [6, 6.07) is 15.8. The van der Waals surface area contributed by atoms with Gasteiger partial charge >= 0.3 is 0 Å². The summed E-state index contributed by atoms with van der Waals surface area (Å²) in [6.45, 7) is 4.05. The number of aromatic nitrogens is 2. The first-order chi connectivity index (χ1) is 12.5. The first-order valence-electron chi connectivity index (χ1n) is 8.10. The van der Waals surface area contributed by atoms with Gasteiger partial charge in [0.05, 0.1) is 11.2 Å². The Kier molecular flexibility index (Phi) is 5.91. The summed E-state index contributed by atoms with van der Waals surface area (Å²) in [5, 5.41) is 3.56. The highest BCUT2D eigenvalue weighted by Crippen LogP contribution is 2.23. The third-order valence-corrected chi connectivity index (χ3v) is 4.91. The van der Waals surface area contributed by atoms with Gasteiger partial charge in [-0.3, -0.25) is 4.79 Å². The first-order valence-corrected chi connectivity index (χ1v) is 9.46. The molecule has 26 heavy (non-hydrogen) atoms. The molecule has 0 fully saturated rings. The lowest BCUT2D eigenvalue weighted by molar-refractivity contribution is 0.102. The van der Waals surface area contributed by atoms with Gasteiger partial charge in [0.2, 0.25) is 0 Å². The lowest BCUT2D eigenvalue weighted by atomic mass is 10.2. The second-order valence-corrected chi connectivity index (χ2v) is 7.30. The summed E-state index contributed by atoms with van der Waals surface area (Å²) in [4.78, 5) is 21.0. The van der Waals surface area contributed by atoms with E-state index in [0.29, 0.717) is 10.8 Å². The zero-order valence-electron chi connectivity index (χ0n) is 14.5. The van der Waals surface area contributed by atoms with Crippen LogP contribution in [0, 0.1) is 13.8 Å². The topological polar surface area (TPSA) is 54.9 Å². The fraction of sp³-hybridized carbons (Fsp3) is 0.150. The van der Waals surface area contributed by atoms with Crippen LogP contribution in [-0.4, -0.2) is 15.9 Å². The number of halogens is 1. The average molecular weight is 384 g/mol. The predicted octanol–water partition coefficient (Wildman–Crippen LogP) is 5.29. The molecule has 3 aromatic rings.